The fourth-order valence-corrected chi connectivity index (χ4v) is 5.27. The van der Waals surface area contributed by atoms with Crippen LogP contribution in [0.15, 0.2) is 33.5 Å². The third-order valence-electron chi connectivity index (χ3n) is 3.29. The van der Waals surface area contributed by atoms with E-state index < -0.39 is 0 Å². The summed E-state index contributed by atoms with van der Waals surface area (Å²) in [6, 6.07) is 8.27. The smallest absolute Gasteiger partial charge is 0.263 e. The van der Waals surface area contributed by atoms with Crippen molar-refractivity contribution >= 4 is 53.2 Å². The van der Waals surface area contributed by atoms with Crippen LogP contribution in [0.25, 0.3) is 0 Å². The fraction of sp³-hybridized carbons (Fsp3) is 0.357. The van der Waals surface area contributed by atoms with Crippen LogP contribution in [0.1, 0.15) is 18.4 Å². The van der Waals surface area contributed by atoms with Gasteiger partial charge >= 0.3 is 0 Å². The molecule has 106 valence electrons. The minimum atomic E-state index is -0.0262. The van der Waals surface area contributed by atoms with Crippen molar-refractivity contribution in [3.05, 3.63) is 48.9 Å². The van der Waals surface area contributed by atoms with E-state index in [2.05, 4.69) is 33.0 Å². The summed E-state index contributed by atoms with van der Waals surface area (Å²) >= 11 is 9.66. The van der Waals surface area contributed by atoms with Crippen molar-refractivity contribution in [2.45, 2.75) is 19.4 Å². The van der Waals surface area contributed by atoms with Crippen molar-refractivity contribution < 1.29 is 0 Å². The highest BCUT2D eigenvalue weighted by Crippen LogP contribution is 2.37. The van der Waals surface area contributed by atoms with Gasteiger partial charge in [-0.1, -0.05) is 50.0 Å². The molecule has 1 saturated carbocycles. The Labute approximate surface area is 138 Å². The van der Waals surface area contributed by atoms with E-state index in [1.165, 1.54) is 39.1 Å². The van der Waals surface area contributed by atoms with Crippen LogP contribution in [0.4, 0.5) is 5.00 Å². The topological polar surface area (TPSA) is 20.3 Å². The summed E-state index contributed by atoms with van der Waals surface area (Å²) in [7, 11) is 2.71. The molecule has 0 spiro atoms. The standard InChI is InChI=1S/C14H13BrClNOS2/c15-11-3-1-2-10(6-11)8-17(7-9-4-5-9)13-12(16)14(18)20-19-13/h1-3,6,9H,4-5,7-8H2. The lowest BCUT2D eigenvalue weighted by atomic mass is 10.2. The Balaban J connectivity index is 1.86. The van der Waals surface area contributed by atoms with E-state index in [0.717, 1.165) is 28.5 Å². The minimum absolute atomic E-state index is 0.0262. The van der Waals surface area contributed by atoms with Crippen LogP contribution in [-0.2, 0) is 6.54 Å². The van der Waals surface area contributed by atoms with E-state index >= 15 is 0 Å². The van der Waals surface area contributed by atoms with E-state index in [9.17, 15) is 4.79 Å². The Morgan fingerprint density at radius 3 is 2.75 bits per heavy atom. The first-order valence-electron chi connectivity index (χ1n) is 6.41. The predicted molar refractivity (Wildman–Crippen MR) is 91.4 cm³/mol. The zero-order valence-corrected chi connectivity index (χ0v) is 14.6. The average Bonchev–Trinajstić information content (AvgIpc) is 3.16. The quantitative estimate of drug-likeness (QED) is 0.669. The molecule has 3 rings (SSSR count). The Morgan fingerprint density at radius 1 is 1.35 bits per heavy atom. The van der Waals surface area contributed by atoms with Crippen molar-refractivity contribution in [3.8, 4) is 0 Å². The van der Waals surface area contributed by atoms with Crippen LogP contribution in [0, 0.1) is 5.92 Å². The molecule has 0 amide bonds. The number of hydrogen-bond acceptors (Lipinski definition) is 4. The van der Waals surface area contributed by atoms with E-state index in [4.69, 9.17) is 11.6 Å². The molecule has 0 atom stereocenters. The number of benzene rings is 1. The van der Waals surface area contributed by atoms with Gasteiger partial charge in [0, 0.05) is 17.6 Å². The van der Waals surface area contributed by atoms with Crippen molar-refractivity contribution in [2.75, 3.05) is 11.4 Å². The highest BCUT2D eigenvalue weighted by atomic mass is 79.9. The first kappa shape index (κ1) is 14.6. The predicted octanol–water partition coefficient (Wildman–Crippen LogP) is 5.00. The third-order valence-corrected chi connectivity index (χ3v) is 6.59. The maximum Gasteiger partial charge on any atom is 0.263 e. The van der Waals surface area contributed by atoms with Crippen LogP contribution < -0.4 is 9.64 Å². The number of anilines is 1. The highest BCUT2D eigenvalue weighted by molar-refractivity contribution is 9.10. The molecule has 6 heteroatoms. The SMILES string of the molecule is O=c1ssc(N(Cc2cccc(Br)c2)CC2CC2)c1Cl. The van der Waals surface area contributed by atoms with Gasteiger partial charge in [0.15, 0.2) is 0 Å². The monoisotopic (exact) mass is 389 g/mol. The summed E-state index contributed by atoms with van der Waals surface area (Å²) in [5, 5.41) is 1.31. The van der Waals surface area contributed by atoms with Gasteiger partial charge in [0.25, 0.3) is 4.74 Å². The van der Waals surface area contributed by atoms with E-state index in [1.54, 1.807) is 0 Å². The number of nitrogens with zero attached hydrogens (tertiary/aromatic N) is 1. The Hall–Kier alpha value is -0.360. The van der Waals surface area contributed by atoms with Crippen molar-refractivity contribution in [2.24, 2.45) is 5.92 Å². The molecule has 0 bridgehead atoms. The average molecular weight is 391 g/mol. The third kappa shape index (κ3) is 3.45. The van der Waals surface area contributed by atoms with Gasteiger partial charge in [-0.3, -0.25) is 4.79 Å². The van der Waals surface area contributed by atoms with Gasteiger partial charge in [0.1, 0.15) is 10.0 Å². The lowest BCUT2D eigenvalue weighted by Crippen LogP contribution is -2.25. The Bertz CT molecular complexity index is 665. The molecular weight excluding hydrogens is 378 g/mol. The van der Waals surface area contributed by atoms with E-state index in [0.29, 0.717) is 5.02 Å². The minimum Gasteiger partial charge on any atom is -0.357 e. The fourth-order valence-electron chi connectivity index (χ4n) is 2.12. The molecule has 2 aromatic rings. The summed E-state index contributed by atoms with van der Waals surface area (Å²) < 4.78 is 1.05. The second kappa shape index (κ2) is 6.18. The van der Waals surface area contributed by atoms with E-state index in [-0.39, 0.29) is 4.74 Å². The molecule has 1 aromatic carbocycles. The summed E-state index contributed by atoms with van der Waals surface area (Å²) in [6.07, 6.45) is 2.57. The van der Waals surface area contributed by atoms with Crippen LogP contribution in [0.3, 0.4) is 0 Å². The van der Waals surface area contributed by atoms with E-state index in [1.807, 2.05) is 12.1 Å². The largest absolute Gasteiger partial charge is 0.357 e. The molecule has 0 saturated heterocycles. The van der Waals surface area contributed by atoms with Crippen molar-refractivity contribution in [1.29, 1.82) is 0 Å². The summed E-state index contributed by atoms with van der Waals surface area (Å²) in [5.41, 5.74) is 1.22. The van der Waals surface area contributed by atoms with Gasteiger partial charge in [0.2, 0.25) is 0 Å². The Kier molecular flexibility index (Phi) is 4.50. The second-order valence-electron chi connectivity index (χ2n) is 5.03. The van der Waals surface area contributed by atoms with Gasteiger partial charge in [-0.25, -0.2) is 0 Å². The van der Waals surface area contributed by atoms with Gasteiger partial charge in [0.05, 0.1) is 0 Å². The van der Waals surface area contributed by atoms with Crippen molar-refractivity contribution in [3.63, 3.8) is 0 Å². The van der Waals surface area contributed by atoms with Gasteiger partial charge in [-0.2, -0.15) is 0 Å². The molecule has 1 fully saturated rings. The highest BCUT2D eigenvalue weighted by Gasteiger charge is 2.27. The number of rotatable bonds is 5. The second-order valence-corrected chi connectivity index (χ2v) is 8.41. The zero-order chi connectivity index (χ0) is 14.1. The molecule has 1 aliphatic rings. The molecule has 2 nitrogen and oxygen atoms in total. The first-order valence-corrected chi connectivity index (χ1v) is 9.73. The van der Waals surface area contributed by atoms with Crippen LogP contribution in [0.2, 0.25) is 5.02 Å². The summed E-state index contributed by atoms with van der Waals surface area (Å²) in [4.78, 5) is 13.9. The lowest BCUT2D eigenvalue weighted by molar-refractivity contribution is 0.728. The maximum absolute atomic E-state index is 11.6. The Morgan fingerprint density at radius 2 is 2.15 bits per heavy atom. The zero-order valence-electron chi connectivity index (χ0n) is 10.6. The molecule has 0 radical (unpaired) electrons. The van der Waals surface area contributed by atoms with Gasteiger partial charge < -0.3 is 4.90 Å². The van der Waals surface area contributed by atoms with Gasteiger partial charge in [-0.05, 0) is 46.8 Å². The van der Waals surface area contributed by atoms with Crippen molar-refractivity contribution in [1.82, 2.24) is 0 Å². The van der Waals surface area contributed by atoms with Gasteiger partial charge in [-0.15, -0.1) is 0 Å². The molecule has 1 aliphatic carbocycles. The summed E-state index contributed by atoms with van der Waals surface area (Å²) in [5.74, 6) is 0.750. The molecule has 20 heavy (non-hydrogen) atoms. The molecule has 1 heterocycles. The molecule has 0 unspecified atom stereocenters. The molecule has 0 aliphatic heterocycles. The lowest BCUT2D eigenvalue weighted by Gasteiger charge is -2.23. The maximum atomic E-state index is 11.6. The number of hydrogen-bond donors (Lipinski definition) is 0. The molecule has 1 aromatic heterocycles. The summed E-state index contributed by atoms with van der Waals surface area (Å²) in [6.45, 7) is 1.78. The normalized spacial score (nSPS) is 14.5. The van der Waals surface area contributed by atoms with Crippen LogP contribution in [-0.4, -0.2) is 6.54 Å². The first-order chi connectivity index (χ1) is 9.63. The number of halogens is 2. The van der Waals surface area contributed by atoms with Crippen LogP contribution in [0.5, 0.6) is 0 Å². The molecule has 0 N–H and O–H groups in total. The molecular formula is C14H13BrClNOS2. The van der Waals surface area contributed by atoms with Crippen LogP contribution >= 0.6 is 48.2 Å².